The smallest absolute Gasteiger partial charge is 0.140 e. The van der Waals surface area contributed by atoms with E-state index in [1.807, 2.05) is 55.5 Å². The van der Waals surface area contributed by atoms with Crippen molar-refractivity contribution in [2.24, 2.45) is 0 Å². The fourth-order valence-electron chi connectivity index (χ4n) is 1.78. The molecule has 1 N–H and O–H groups in total. The van der Waals surface area contributed by atoms with Crippen LogP contribution < -0.4 is 5.32 Å². The first-order valence-corrected chi connectivity index (χ1v) is 6.46. The molecule has 1 unspecified atom stereocenters. The van der Waals surface area contributed by atoms with Gasteiger partial charge in [0.05, 0.1) is 6.07 Å². The van der Waals surface area contributed by atoms with Crippen molar-refractivity contribution in [1.82, 2.24) is 0 Å². The van der Waals surface area contributed by atoms with Crippen molar-refractivity contribution in [2.75, 3.05) is 5.32 Å². The molecule has 0 aromatic heterocycles. The molecule has 18 heavy (non-hydrogen) atoms. The largest absolute Gasteiger partial charge is 0.366 e. The molecule has 0 saturated carbocycles. The summed E-state index contributed by atoms with van der Waals surface area (Å²) in [6.07, 6.45) is 0. The van der Waals surface area contributed by atoms with Gasteiger partial charge in [0.2, 0.25) is 0 Å². The number of hydrogen-bond donors (Lipinski definition) is 1. The average molecular weight is 301 g/mol. The minimum absolute atomic E-state index is 0.334. The number of nitrogens with one attached hydrogen (secondary N) is 1. The van der Waals surface area contributed by atoms with Crippen LogP contribution in [-0.4, -0.2) is 0 Å². The van der Waals surface area contributed by atoms with Crippen molar-refractivity contribution < 1.29 is 0 Å². The molecule has 2 rings (SSSR count). The number of rotatable bonds is 3. The summed E-state index contributed by atoms with van der Waals surface area (Å²) in [5.74, 6) is 0. The highest BCUT2D eigenvalue weighted by molar-refractivity contribution is 9.10. The van der Waals surface area contributed by atoms with Crippen LogP contribution in [0.25, 0.3) is 0 Å². The zero-order chi connectivity index (χ0) is 13.0. The number of hydrogen-bond acceptors (Lipinski definition) is 2. The molecule has 0 aliphatic carbocycles. The standard InChI is InChI=1S/C15H13BrN2/c1-11-4-2-5-12(8-11)15(10-17)18-14-7-3-6-13(16)9-14/h2-9,15,18H,1H3. The molecule has 0 heterocycles. The van der Waals surface area contributed by atoms with Crippen LogP contribution in [0.2, 0.25) is 0 Å². The van der Waals surface area contributed by atoms with E-state index in [4.69, 9.17) is 0 Å². The van der Waals surface area contributed by atoms with Crippen LogP contribution in [-0.2, 0) is 0 Å². The second-order valence-corrected chi connectivity index (χ2v) is 5.05. The summed E-state index contributed by atoms with van der Waals surface area (Å²) in [6, 6.07) is 17.7. The number of aryl methyl sites for hydroxylation is 1. The van der Waals surface area contributed by atoms with E-state index in [-0.39, 0.29) is 6.04 Å². The van der Waals surface area contributed by atoms with Gasteiger partial charge in [0, 0.05) is 10.2 Å². The zero-order valence-electron chi connectivity index (χ0n) is 10.0. The van der Waals surface area contributed by atoms with Crippen LogP contribution in [0.3, 0.4) is 0 Å². The third kappa shape index (κ3) is 3.12. The van der Waals surface area contributed by atoms with Crippen LogP contribution >= 0.6 is 15.9 Å². The maximum absolute atomic E-state index is 9.28. The lowest BCUT2D eigenvalue weighted by Crippen LogP contribution is -2.08. The van der Waals surface area contributed by atoms with Gasteiger partial charge in [-0.25, -0.2) is 0 Å². The first kappa shape index (κ1) is 12.7. The monoisotopic (exact) mass is 300 g/mol. The minimum Gasteiger partial charge on any atom is -0.366 e. The number of halogens is 1. The Bertz CT molecular complexity index is 587. The van der Waals surface area contributed by atoms with Crippen LogP contribution in [0, 0.1) is 18.3 Å². The molecule has 90 valence electrons. The maximum Gasteiger partial charge on any atom is 0.140 e. The maximum atomic E-state index is 9.28. The average Bonchev–Trinajstić information content (AvgIpc) is 2.36. The van der Waals surface area contributed by atoms with Crippen LogP contribution in [0.4, 0.5) is 5.69 Å². The SMILES string of the molecule is Cc1cccc(C(C#N)Nc2cccc(Br)c2)c1. The van der Waals surface area contributed by atoms with Gasteiger partial charge < -0.3 is 5.32 Å². The predicted molar refractivity (Wildman–Crippen MR) is 77.3 cm³/mol. The van der Waals surface area contributed by atoms with Crippen molar-refractivity contribution >= 4 is 21.6 Å². The molecule has 0 amide bonds. The highest BCUT2D eigenvalue weighted by atomic mass is 79.9. The summed E-state index contributed by atoms with van der Waals surface area (Å²) in [6.45, 7) is 2.02. The summed E-state index contributed by atoms with van der Waals surface area (Å²) in [7, 11) is 0. The lowest BCUT2D eigenvalue weighted by atomic mass is 10.1. The van der Waals surface area contributed by atoms with Crippen molar-refractivity contribution in [1.29, 1.82) is 5.26 Å². The normalized spacial score (nSPS) is 11.6. The zero-order valence-corrected chi connectivity index (χ0v) is 11.6. The fourth-order valence-corrected chi connectivity index (χ4v) is 2.18. The predicted octanol–water partition coefficient (Wildman–Crippen LogP) is 4.43. The lowest BCUT2D eigenvalue weighted by Gasteiger charge is -2.14. The van der Waals surface area contributed by atoms with Gasteiger partial charge in [-0.15, -0.1) is 0 Å². The van der Waals surface area contributed by atoms with Crippen molar-refractivity contribution in [3.05, 3.63) is 64.1 Å². The Balaban J connectivity index is 2.23. The van der Waals surface area contributed by atoms with Crippen LogP contribution in [0.5, 0.6) is 0 Å². The summed E-state index contributed by atoms with van der Waals surface area (Å²) in [5, 5.41) is 12.5. The number of nitrogens with zero attached hydrogens (tertiary/aromatic N) is 1. The minimum atomic E-state index is -0.334. The van der Waals surface area contributed by atoms with Gasteiger partial charge in [-0.1, -0.05) is 51.8 Å². The summed E-state index contributed by atoms with van der Waals surface area (Å²) in [4.78, 5) is 0. The molecular formula is C15H13BrN2. The van der Waals surface area contributed by atoms with E-state index in [9.17, 15) is 5.26 Å². The Hall–Kier alpha value is -1.79. The molecule has 0 bridgehead atoms. The fraction of sp³-hybridized carbons (Fsp3) is 0.133. The van der Waals surface area contributed by atoms with Gasteiger partial charge in [-0.2, -0.15) is 5.26 Å². The second-order valence-electron chi connectivity index (χ2n) is 4.13. The van der Waals surface area contributed by atoms with Gasteiger partial charge in [0.15, 0.2) is 0 Å². The molecule has 2 aromatic carbocycles. The molecule has 0 fully saturated rings. The van der Waals surface area contributed by atoms with Crippen molar-refractivity contribution in [3.8, 4) is 6.07 Å². The quantitative estimate of drug-likeness (QED) is 0.910. The van der Waals surface area contributed by atoms with Crippen molar-refractivity contribution in [2.45, 2.75) is 13.0 Å². The Morgan fingerprint density at radius 2 is 1.94 bits per heavy atom. The number of benzene rings is 2. The van der Waals surface area contributed by atoms with E-state index in [0.29, 0.717) is 0 Å². The number of nitriles is 1. The third-order valence-corrected chi connectivity index (χ3v) is 3.13. The lowest BCUT2D eigenvalue weighted by molar-refractivity contribution is 0.994. The van der Waals surface area contributed by atoms with Gasteiger partial charge in [-0.3, -0.25) is 0 Å². The van der Waals surface area contributed by atoms with Crippen LogP contribution in [0.1, 0.15) is 17.2 Å². The summed E-state index contributed by atoms with van der Waals surface area (Å²) >= 11 is 3.42. The second kappa shape index (κ2) is 5.70. The highest BCUT2D eigenvalue weighted by Gasteiger charge is 2.10. The first-order chi connectivity index (χ1) is 8.69. The summed E-state index contributed by atoms with van der Waals surface area (Å²) in [5.41, 5.74) is 3.07. The molecular weight excluding hydrogens is 288 g/mol. The highest BCUT2D eigenvalue weighted by Crippen LogP contribution is 2.22. The van der Waals surface area contributed by atoms with Crippen molar-refractivity contribution in [3.63, 3.8) is 0 Å². The molecule has 2 aromatic rings. The molecule has 0 aliphatic rings. The van der Waals surface area contributed by atoms with E-state index in [0.717, 1.165) is 21.3 Å². The van der Waals surface area contributed by atoms with E-state index in [1.54, 1.807) is 0 Å². The Kier molecular flexibility index (Phi) is 4.01. The molecule has 1 atom stereocenters. The Morgan fingerprint density at radius 3 is 2.61 bits per heavy atom. The van der Waals surface area contributed by atoms with Crippen LogP contribution in [0.15, 0.2) is 53.0 Å². The van der Waals surface area contributed by atoms with Gasteiger partial charge in [0.1, 0.15) is 6.04 Å². The topological polar surface area (TPSA) is 35.8 Å². The van der Waals surface area contributed by atoms with E-state index in [1.165, 1.54) is 0 Å². The summed E-state index contributed by atoms with van der Waals surface area (Å²) < 4.78 is 0.994. The van der Waals surface area contributed by atoms with Gasteiger partial charge >= 0.3 is 0 Å². The van der Waals surface area contributed by atoms with Gasteiger partial charge in [-0.05, 0) is 30.7 Å². The van der Waals surface area contributed by atoms with Gasteiger partial charge in [0.25, 0.3) is 0 Å². The molecule has 0 spiro atoms. The first-order valence-electron chi connectivity index (χ1n) is 5.67. The van der Waals surface area contributed by atoms with E-state index in [2.05, 4.69) is 27.3 Å². The van der Waals surface area contributed by atoms with E-state index >= 15 is 0 Å². The van der Waals surface area contributed by atoms with E-state index < -0.39 is 0 Å². The molecule has 3 heteroatoms. The number of anilines is 1. The molecule has 0 aliphatic heterocycles. The third-order valence-electron chi connectivity index (χ3n) is 2.64. The molecule has 0 saturated heterocycles. The molecule has 2 nitrogen and oxygen atoms in total. The Labute approximate surface area is 115 Å². The Morgan fingerprint density at radius 1 is 1.17 bits per heavy atom. The molecule has 0 radical (unpaired) electrons.